The number of rotatable bonds is 7. The fraction of sp³-hybridized carbons (Fsp3) is 0.727. The summed E-state index contributed by atoms with van der Waals surface area (Å²) in [5, 5.41) is 2.65. The minimum absolute atomic E-state index is 0.0575. The molecule has 0 fully saturated rings. The first kappa shape index (κ1) is 16.0. The maximum absolute atomic E-state index is 11.5. The lowest BCUT2D eigenvalue weighted by atomic mass is 10.0. The summed E-state index contributed by atoms with van der Waals surface area (Å²) in [4.78, 5) is 33.6. The molecule has 0 aliphatic carbocycles. The fourth-order valence-electron chi connectivity index (χ4n) is 1.24. The molecule has 0 radical (unpaired) electrons. The van der Waals surface area contributed by atoms with Crippen molar-refractivity contribution in [2.75, 3.05) is 18.6 Å². The maximum atomic E-state index is 11.5. The molecule has 0 spiro atoms. The molecule has 0 aromatic rings. The number of hydrogen-bond donors (Lipinski definition) is 1. The minimum atomic E-state index is -0.457. The van der Waals surface area contributed by atoms with Crippen LogP contribution in [0.1, 0.15) is 20.8 Å². The van der Waals surface area contributed by atoms with Gasteiger partial charge in [-0.3, -0.25) is 14.4 Å². The molecule has 1 N–H and O–H groups in total. The molecule has 0 heterocycles. The highest BCUT2D eigenvalue weighted by atomic mass is 32.2. The van der Waals surface area contributed by atoms with Crippen molar-refractivity contribution in [2.45, 2.75) is 26.8 Å². The molecule has 0 rings (SSSR count). The van der Waals surface area contributed by atoms with Crippen LogP contribution < -0.4 is 5.32 Å². The van der Waals surface area contributed by atoms with E-state index in [1.807, 2.05) is 13.8 Å². The number of Topliss-reactive ketones (excluding diaryl/α,β-unsaturated/α-hetero) is 1. The van der Waals surface area contributed by atoms with Gasteiger partial charge in [0.05, 0.1) is 24.7 Å². The predicted octanol–water partition coefficient (Wildman–Crippen LogP) is 0.622. The molecule has 1 atom stereocenters. The molecule has 0 aliphatic rings. The van der Waals surface area contributed by atoms with Crippen LogP contribution in [0.2, 0.25) is 0 Å². The zero-order valence-corrected chi connectivity index (χ0v) is 11.4. The molecule has 6 heteroatoms. The quantitative estimate of drug-likeness (QED) is 0.680. The van der Waals surface area contributed by atoms with E-state index in [9.17, 15) is 14.4 Å². The summed E-state index contributed by atoms with van der Waals surface area (Å²) in [6.07, 6.45) is 0. The number of amides is 1. The van der Waals surface area contributed by atoms with Gasteiger partial charge in [-0.1, -0.05) is 13.8 Å². The van der Waals surface area contributed by atoms with Gasteiger partial charge in [-0.15, -0.1) is 11.8 Å². The van der Waals surface area contributed by atoms with Crippen molar-refractivity contribution in [3.05, 3.63) is 0 Å². The van der Waals surface area contributed by atoms with Gasteiger partial charge in [0, 0.05) is 0 Å². The van der Waals surface area contributed by atoms with E-state index in [1.165, 1.54) is 14.0 Å². The third-order valence-electron chi connectivity index (χ3n) is 2.10. The van der Waals surface area contributed by atoms with E-state index in [1.54, 1.807) is 0 Å². The Morgan fingerprint density at radius 1 is 1.24 bits per heavy atom. The Bertz CT molecular complexity index is 291. The van der Waals surface area contributed by atoms with Gasteiger partial charge in [-0.2, -0.15) is 0 Å². The fourth-order valence-corrected chi connectivity index (χ4v) is 1.89. The van der Waals surface area contributed by atoms with Crippen molar-refractivity contribution in [3.8, 4) is 0 Å². The number of methoxy groups -OCH3 is 1. The number of ether oxygens (including phenoxy) is 1. The molecule has 0 saturated heterocycles. The van der Waals surface area contributed by atoms with Crippen LogP contribution in [0.5, 0.6) is 0 Å². The van der Waals surface area contributed by atoms with Gasteiger partial charge in [0.25, 0.3) is 0 Å². The number of hydrogen-bond acceptors (Lipinski definition) is 5. The van der Waals surface area contributed by atoms with Crippen LogP contribution in [0.25, 0.3) is 0 Å². The van der Waals surface area contributed by atoms with Gasteiger partial charge in [-0.25, -0.2) is 0 Å². The largest absolute Gasteiger partial charge is 0.468 e. The average molecular weight is 261 g/mol. The molecule has 1 amide bonds. The molecular weight excluding hydrogens is 242 g/mol. The first-order chi connectivity index (χ1) is 7.88. The molecule has 17 heavy (non-hydrogen) atoms. The summed E-state index contributed by atoms with van der Waals surface area (Å²) >= 11 is 1.16. The zero-order chi connectivity index (χ0) is 13.4. The van der Waals surface area contributed by atoms with Crippen molar-refractivity contribution in [2.24, 2.45) is 5.92 Å². The Morgan fingerprint density at radius 2 is 1.82 bits per heavy atom. The zero-order valence-electron chi connectivity index (χ0n) is 10.6. The SMILES string of the molecule is COC(=O)CSCC(=O)NC(C(C)=O)C(C)C. The second kappa shape index (κ2) is 8.11. The Hall–Kier alpha value is -1.04. The highest BCUT2D eigenvalue weighted by Gasteiger charge is 2.20. The van der Waals surface area contributed by atoms with Crippen molar-refractivity contribution in [1.82, 2.24) is 5.32 Å². The summed E-state index contributed by atoms with van der Waals surface area (Å²) in [5.41, 5.74) is 0. The van der Waals surface area contributed by atoms with E-state index >= 15 is 0 Å². The molecule has 1 unspecified atom stereocenters. The predicted molar refractivity (Wildman–Crippen MR) is 66.8 cm³/mol. The Balaban J connectivity index is 3.99. The van der Waals surface area contributed by atoms with Crippen molar-refractivity contribution in [3.63, 3.8) is 0 Å². The Kier molecular flexibility index (Phi) is 7.61. The number of thioether (sulfide) groups is 1. The minimum Gasteiger partial charge on any atom is -0.468 e. The van der Waals surface area contributed by atoms with Crippen LogP contribution in [0.4, 0.5) is 0 Å². The highest BCUT2D eigenvalue weighted by molar-refractivity contribution is 8.00. The van der Waals surface area contributed by atoms with E-state index < -0.39 is 6.04 Å². The van der Waals surface area contributed by atoms with Crippen LogP contribution in [0.3, 0.4) is 0 Å². The lowest BCUT2D eigenvalue weighted by Crippen LogP contribution is -2.44. The summed E-state index contributed by atoms with van der Waals surface area (Å²) in [5.74, 6) is -0.335. The van der Waals surface area contributed by atoms with Crippen molar-refractivity contribution < 1.29 is 19.1 Å². The van der Waals surface area contributed by atoms with Gasteiger partial charge in [0.2, 0.25) is 5.91 Å². The smallest absolute Gasteiger partial charge is 0.315 e. The van der Waals surface area contributed by atoms with Crippen LogP contribution in [0.15, 0.2) is 0 Å². The first-order valence-electron chi connectivity index (χ1n) is 5.32. The number of esters is 1. The normalized spacial score (nSPS) is 12.1. The Labute approximate surface area is 106 Å². The third-order valence-corrected chi connectivity index (χ3v) is 3.01. The maximum Gasteiger partial charge on any atom is 0.315 e. The van der Waals surface area contributed by atoms with Gasteiger partial charge in [-0.05, 0) is 12.8 Å². The average Bonchev–Trinajstić information content (AvgIpc) is 2.24. The molecule has 5 nitrogen and oxygen atoms in total. The summed E-state index contributed by atoms with van der Waals surface area (Å²) < 4.78 is 4.44. The monoisotopic (exact) mass is 261 g/mol. The first-order valence-corrected chi connectivity index (χ1v) is 6.48. The van der Waals surface area contributed by atoms with E-state index in [0.717, 1.165) is 11.8 Å². The van der Waals surface area contributed by atoms with Crippen LogP contribution in [-0.4, -0.2) is 42.3 Å². The number of nitrogens with one attached hydrogen (secondary N) is 1. The van der Waals surface area contributed by atoms with Crippen LogP contribution >= 0.6 is 11.8 Å². The highest BCUT2D eigenvalue weighted by Crippen LogP contribution is 2.05. The van der Waals surface area contributed by atoms with E-state index in [0.29, 0.717) is 0 Å². The number of carbonyl (C=O) groups excluding carboxylic acids is 3. The third kappa shape index (κ3) is 6.99. The molecule has 0 aliphatic heterocycles. The summed E-state index contributed by atoms with van der Waals surface area (Å²) in [7, 11) is 1.30. The van der Waals surface area contributed by atoms with Gasteiger partial charge >= 0.3 is 5.97 Å². The van der Waals surface area contributed by atoms with Crippen LogP contribution in [-0.2, 0) is 19.1 Å². The lowest BCUT2D eigenvalue weighted by molar-refractivity contribution is -0.137. The van der Waals surface area contributed by atoms with Gasteiger partial charge < -0.3 is 10.1 Å². The van der Waals surface area contributed by atoms with E-state index in [-0.39, 0.29) is 35.1 Å². The van der Waals surface area contributed by atoms with Crippen molar-refractivity contribution >= 4 is 29.4 Å². The molecule has 0 saturated carbocycles. The van der Waals surface area contributed by atoms with Gasteiger partial charge in [0.1, 0.15) is 0 Å². The summed E-state index contributed by atoms with van der Waals surface area (Å²) in [6, 6.07) is -0.457. The van der Waals surface area contributed by atoms with Crippen molar-refractivity contribution in [1.29, 1.82) is 0 Å². The topological polar surface area (TPSA) is 72.5 Å². The second-order valence-electron chi connectivity index (χ2n) is 3.97. The Morgan fingerprint density at radius 3 is 2.24 bits per heavy atom. The molecule has 0 aromatic heterocycles. The second-order valence-corrected chi connectivity index (χ2v) is 4.95. The van der Waals surface area contributed by atoms with Crippen LogP contribution in [0, 0.1) is 5.92 Å². The summed E-state index contributed by atoms with van der Waals surface area (Å²) in [6.45, 7) is 5.19. The molecule has 0 aromatic carbocycles. The van der Waals surface area contributed by atoms with E-state index in [4.69, 9.17) is 0 Å². The number of carbonyl (C=O) groups is 3. The van der Waals surface area contributed by atoms with E-state index in [2.05, 4.69) is 10.1 Å². The standard InChI is InChI=1S/C11H19NO4S/c1-7(2)11(8(3)13)12-9(14)5-17-6-10(15)16-4/h7,11H,5-6H2,1-4H3,(H,12,14). The van der Waals surface area contributed by atoms with Gasteiger partial charge in [0.15, 0.2) is 5.78 Å². The lowest BCUT2D eigenvalue weighted by Gasteiger charge is -2.19. The molecular formula is C11H19NO4S. The molecule has 98 valence electrons. The molecule has 0 bridgehead atoms. The number of ketones is 1.